The summed E-state index contributed by atoms with van der Waals surface area (Å²) in [6.07, 6.45) is 0. The first kappa shape index (κ1) is 18.1. The molecule has 0 saturated heterocycles. The van der Waals surface area contributed by atoms with Crippen molar-refractivity contribution in [3.05, 3.63) is 61.6 Å². The highest BCUT2D eigenvalue weighted by Gasteiger charge is 2.10. The first-order valence-corrected chi connectivity index (χ1v) is 7.57. The van der Waals surface area contributed by atoms with Gasteiger partial charge < -0.3 is 4.74 Å². The largest absolute Gasteiger partial charge is 0.484 e. The summed E-state index contributed by atoms with van der Waals surface area (Å²) in [5, 5.41) is 11.4. The van der Waals surface area contributed by atoms with E-state index >= 15 is 0 Å². The Balaban J connectivity index is 1.87. The van der Waals surface area contributed by atoms with Crippen molar-refractivity contribution in [3.8, 4) is 5.75 Å². The number of amides is 1. The van der Waals surface area contributed by atoms with Gasteiger partial charge in [-0.3, -0.25) is 25.8 Å². The van der Waals surface area contributed by atoms with Crippen LogP contribution in [0.25, 0.3) is 0 Å². The number of halogens is 3. The van der Waals surface area contributed by atoms with Gasteiger partial charge in [-0.2, -0.15) is 0 Å². The van der Waals surface area contributed by atoms with Crippen molar-refractivity contribution in [1.82, 2.24) is 5.43 Å². The predicted molar refractivity (Wildman–Crippen MR) is 91.8 cm³/mol. The molecule has 2 N–H and O–H groups in total. The second kappa shape index (κ2) is 8.05. The molecule has 2 rings (SSSR count). The Labute approximate surface area is 151 Å². The van der Waals surface area contributed by atoms with Crippen molar-refractivity contribution in [3.63, 3.8) is 0 Å². The number of hydrogen-bond acceptors (Lipinski definition) is 5. The first-order valence-electron chi connectivity index (χ1n) is 6.43. The van der Waals surface area contributed by atoms with E-state index in [4.69, 9.17) is 39.5 Å². The van der Waals surface area contributed by atoms with Crippen LogP contribution in [0.4, 0.5) is 11.4 Å². The topological polar surface area (TPSA) is 93.5 Å². The minimum Gasteiger partial charge on any atom is -0.484 e. The third-order valence-electron chi connectivity index (χ3n) is 2.75. The molecule has 7 nitrogen and oxygen atoms in total. The van der Waals surface area contributed by atoms with E-state index in [2.05, 4.69) is 10.9 Å². The van der Waals surface area contributed by atoms with Crippen molar-refractivity contribution in [2.45, 2.75) is 0 Å². The standard InChI is InChI=1S/C14H10Cl3N3O4/c15-8-5-11(16)14(12(17)6-8)19-18-13(21)7-24-10-3-1-9(2-4-10)20(22)23/h1-6,19H,7H2,(H,18,21). The Hall–Kier alpha value is -2.22. The number of nitrogens with zero attached hydrogens (tertiary/aromatic N) is 1. The molecular formula is C14H10Cl3N3O4. The van der Waals surface area contributed by atoms with Crippen LogP contribution in [-0.4, -0.2) is 17.4 Å². The number of carbonyl (C=O) groups excluding carboxylic acids is 1. The monoisotopic (exact) mass is 389 g/mol. The molecule has 0 aliphatic carbocycles. The number of ether oxygens (including phenoxy) is 1. The van der Waals surface area contributed by atoms with Crippen LogP contribution in [0, 0.1) is 10.1 Å². The van der Waals surface area contributed by atoms with Crippen LogP contribution >= 0.6 is 34.8 Å². The van der Waals surface area contributed by atoms with Gasteiger partial charge in [-0.15, -0.1) is 0 Å². The summed E-state index contributed by atoms with van der Waals surface area (Å²) < 4.78 is 5.21. The average Bonchev–Trinajstić information content (AvgIpc) is 2.52. The lowest BCUT2D eigenvalue weighted by molar-refractivity contribution is -0.384. The van der Waals surface area contributed by atoms with E-state index in [9.17, 15) is 14.9 Å². The van der Waals surface area contributed by atoms with Crippen molar-refractivity contribution in [2.24, 2.45) is 0 Å². The Morgan fingerprint density at radius 3 is 2.25 bits per heavy atom. The summed E-state index contributed by atoms with van der Waals surface area (Å²) in [6, 6.07) is 8.28. The molecule has 24 heavy (non-hydrogen) atoms. The van der Waals surface area contributed by atoms with Crippen molar-refractivity contribution < 1.29 is 14.5 Å². The highest BCUT2D eigenvalue weighted by molar-refractivity contribution is 6.41. The van der Waals surface area contributed by atoms with Gasteiger partial charge in [0.05, 0.1) is 20.7 Å². The second-order valence-corrected chi connectivity index (χ2v) is 5.71. The van der Waals surface area contributed by atoms with Crippen LogP contribution in [0.5, 0.6) is 5.75 Å². The second-order valence-electron chi connectivity index (χ2n) is 4.46. The lowest BCUT2D eigenvalue weighted by Crippen LogP contribution is -2.33. The maximum Gasteiger partial charge on any atom is 0.276 e. The molecule has 0 spiro atoms. The van der Waals surface area contributed by atoms with E-state index in [-0.39, 0.29) is 22.3 Å². The van der Waals surface area contributed by atoms with E-state index in [0.717, 1.165) is 0 Å². The number of non-ortho nitro benzene ring substituents is 1. The summed E-state index contributed by atoms with van der Waals surface area (Å²) in [5.41, 5.74) is 5.17. The summed E-state index contributed by atoms with van der Waals surface area (Å²) >= 11 is 17.7. The number of hydrazine groups is 1. The lowest BCUT2D eigenvalue weighted by Gasteiger charge is -2.12. The van der Waals surface area contributed by atoms with Crippen molar-refractivity contribution in [1.29, 1.82) is 0 Å². The SMILES string of the molecule is O=C(COc1ccc([N+](=O)[O-])cc1)NNc1c(Cl)cc(Cl)cc1Cl. The highest BCUT2D eigenvalue weighted by atomic mass is 35.5. The third kappa shape index (κ3) is 4.89. The molecule has 0 aliphatic rings. The van der Waals surface area contributed by atoms with Gasteiger partial charge in [0.1, 0.15) is 5.75 Å². The fraction of sp³-hybridized carbons (Fsp3) is 0.0714. The molecule has 0 heterocycles. The molecule has 0 saturated carbocycles. The normalized spacial score (nSPS) is 10.1. The Morgan fingerprint density at radius 1 is 1.12 bits per heavy atom. The molecule has 0 bridgehead atoms. The van der Waals surface area contributed by atoms with Crippen LogP contribution in [-0.2, 0) is 4.79 Å². The molecule has 0 unspecified atom stereocenters. The van der Waals surface area contributed by atoms with Crippen LogP contribution in [0.2, 0.25) is 15.1 Å². The molecule has 0 aromatic heterocycles. The predicted octanol–water partition coefficient (Wildman–Crippen LogP) is 4.08. The quantitative estimate of drug-likeness (QED) is 0.572. The molecule has 10 heteroatoms. The smallest absolute Gasteiger partial charge is 0.276 e. The third-order valence-corrected chi connectivity index (χ3v) is 3.57. The van der Waals surface area contributed by atoms with Gasteiger partial charge in [-0.25, -0.2) is 0 Å². The fourth-order valence-electron chi connectivity index (χ4n) is 1.64. The van der Waals surface area contributed by atoms with Gasteiger partial charge in [-0.1, -0.05) is 34.8 Å². The number of carbonyl (C=O) groups is 1. The number of nitro groups is 1. The van der Waals surface area contributed by atoms with Crippen LogP contribution in [0.1, 0.15) is 0 Å². The van der Waals surface area contributed by atoms with Gasteiger partial charge in [-0.05, 0) is 24.3 Å². The molecule has 2 aromatic rings. The minimum absolute atomic E-state index is 0.0690. The zero-order chi connectivity index (χ0) is 17.7. The summed E-state index contributed by atoms with van der Waals surface area (Å²) in [4.78, 5) is 21.7. The summed E-state index contributed by atoms with van der Waals surface area (Å²) in [5.74, 6) is -0.186. The maximum absolute atomic E-state index is 11.7. The maximum atomic E-state index is 11.7. The van der Waals surface area contributed by atoms with Crippen molar-refractivity contribution >= 4 is 52.1 Å². The lowest BCUT2D eigenvalue weighted by atomic mass is 10.3. The van der Waals surface area contributed by atoms with E-state index in [1.54, 1.807) is 0 Å². The Bertz CT molecular complexity index is 745. The van der Waals surface area contributed by atoms with Crippen molar-refractivity contribution in [2.75, 3.05) is 12.0 Å². The fourth-order valence-corrected chi connectivity index (χ4v) is 2.55. The zero-order valence-corrected chi connectivity index (χ0v) is 14.2. The summed E-state index contributed by atoms with van der Waals surface area (Å²) in [7, 11) is 0. The molecule has 0 aliphatic heterocycles. The summed E-state index contributed by atoms with van der Waals surface area (Å²) in [6.45, 7) is -0.312. The average molecular weight is 391 g/mol. The first-order chi connectivity index (χ1) is 11.4. The number of rotatable bonds is 6. The molecule has 0 radical (unpaired) electrons. The van der Waals surface area contributed by atoms with Crippen LogP contribution < -0.4 is 15.6 Å². The minimum atomic E-state index is -0.528. The number of benzene rings is 2. The van der Waals surface area contributed by atoms with Crippen LogP contribution in [0.15, 0.2) is 36.4 Å². The van der Waals surface area contributed by atoms with Gasteiger partial charge in [0, 0.05) is 17.2 Å². The van der Waals surface area contributed by atoms with Gasteiger partial charge in [0.25, 0.3) is 11.6 Å². The van der Waals surface area contributed by atoms with Crippen LogP contribution in [0.3, 0.4) is 0 Å². The molecule has 126 valence electrons. The number of anilines is 1. The Morgan fingerprint density at radius 2 is 1.71 bits per heavy atom. The van der Waals surface area contributed by atoms with E-state index in [1.807, 2.05) is 0 Å². The van der Waals surface area contributed by atoms with Gasteiger partial charge >= 0.3 is 0 Å². The Kier molecular flexibility index (Phi) is 6.08. The number of nitro benzene ring substituents is 1. The van der Waals surface area contributed by atoms with Gasteiger partial charge in [0.2, 0.25) is 0 Å². The molecule has 1 amide bonds. The van der Waals surface area contributed by atoms with Gasteiger partial charge in [0.15, 0.2) is 6.61 Å². The van der Waals surface area contributed by atoms with E-state index in [1.165, 1.54) is 36.4 Å². The van der Waals surface area contributed by atoms with E-state index in [0.29, 0.717) is 16.5 Å². The molecule has 0 atom stereocenters. The molecule has 0 fully saturated rings. The highest BCUT2D eigenvalue weighted by Crippen LogP contribution is 2.33. The zero-order valence-electron chi connectivity index (χ0n) is 11.9. The molecule has 2 aromatic carbocycles. The van der Waals surface area contributed by atoms with E-state index < -0.39 is 10.8 Å². The number of hydrogen-bond donors (Lipinski definition) is 2. The number of nitrogens with one attached hydrogen (secondary N) is 2. The molecular weight excluding hydrogens is 381 g/mol.